The second-order valence-corrected chi connectivity index (χ2v) is 5.55. The molecule has 114 valence electrons. The monoisotopic (exact) mass is 307 g/mol. The Kier molecular flexibility index (Phi) is 5.14. The number of morpholine rings is 1. The number of thiocarbonyl (C=S) groups is 1. The summed E-state index contributed by atoms with van der Waals surface area (Å²) in [6.45, 7) is 4.40. The zero-order chi connectivity index (χ0) is 15.4. The zero-order valence-electron chi connectivity index (χ0n) is 12.4. The van der Waals surface area contributed by atoms with Crippen molar-refractivity contribution in [1.82, 2.24) is 4.90 Å². The fraction of sp³-hybridized carbons (Fsp3) is 0.467. The first-order valence-corrected chi connectivity index (χ1v) is 7.41. The van der Waals surface area contributed by atoms with E-state index in [1.54, 1.807) is 0 Å². The number of anilines is 1. The van der Waals surface area contributed by atoms with Crippen LogP contribution in [0, 0.1) is 0 Å². The Labute approximate surface area is 130 Å². The Morgan fingerprint density at radius 2 is 2.00 bits per heavy atom. The van der Waals surface area contributed by atoms with Crippen molar-refractivity contribution in [3.8, 4) is 0 Å². The van der Waals surface area contributed by atoms with Crippen LogP contribution in [0.5, 0.6) is 0 Å². The molecule has 1 atom stereocenters. The van der Waals surface area contributed by atoms with E-state index in [1.165, 1.54) is 0 Å². The van der Waals surface area contributed by atoms with Crippen molar-refractivity contribution >= 4 is 28.8 Å². The Bertz CT molecular complexity index is 529. The maximum Gasteiger partial charge on any atom is 0.245 e. The fourth-order valence-electron chi connectivity index (χ4n) is 2.41. The molecule has 21 heavy (non-hydrogen) atoms. The molecule has 1 heterocycles. The summed E-state index contributed by atoms with van der Waals surface area (Å²) < 4.78 is 5.28. The number of nitrogens with zero attached hydrogens (tertiary/aromatic N) is 2. The molecule has 1 aliphatic rings. The van der Waals surface area contributed by atoms with Gasteiger partial charge >= 0.3 is 0 Å². The number of ether oxygens (including phenoxy) is 1. The fourth-order valence-corrected chi connectivity index (χ4v) is 2.58. The summed E-state index contributed by atoms with van der Waals surface area (Å²) >= 11 is 5.09. The highest BCUT2D eigenvalue weighted by atomic mass is 32.1. The number of para-hydroxylation sites is 1. The molecule has 5 nitrogen and oxygen atoms in total. The summed E-state index contributed by atoms with van der Waals surface area (Å²) in [5, 5.41) is 0. The van der Waals surface area contributed by atoms with Crippen LogP contribution in [0.25, 0.3) is 0 Å². The lowest BCUT2D eigenvalue weighted by atomic mass is 10.1. The molecule has 0 spiro atoms. The summed E-state index contributed by atoms with van der Waals surface area (Å²) in [6, 6.07) is 7.33. The van der Waals surface area contributed by atoms with Crippen molar-refractivity contribution in [2.24, 2.45) is 5.73 Å². The summed E-state index contributed by atoms with van der Waals surface area (Å²) in [7, 11) is 1.89. The van der Waals surface area contributed by atoms with Crippen LogP contribution < -0.4 is 10.6 Å². The number of carbonyl (C=O) groups excluding carboxylic acids is 1. The average molecular weight is 307 g/mol. The standard InChI is InChI=1S/C15H21N3O2S/c1-11(15(19)18-7-9-20-10-8-18)17(2)13-6-4-3-5-12(13)14(16)21/h3-6,11H,7-10H2,1-2H3,(H2,16,21). The summed E-state index contributed by atoms with van der Waals surface area (Å²) in [5.74, 6) is 0.0959. The maximum absolute atomic E-state index is 12.6. The van der Waals surface area contributed by atoms with E-state index in [4.69, 9.17) is 22.7 Å². The Balaban J connectivity index is 2.17. The van der Waals surface area contributed by atoms with E-state index in [-0.39, 0.29) is 11.9 Å². The number of nitrogens with two attached hydrogens (primary N) is 1. The van der Waals surface area contributed by atoms with Crippen LogP contribution >= 0.6 is 12.2 Å². The quantitative estimate of drug-likeness (QED) is 0.841. The molecule has 1 aromatic rings. The topological polar surface area (TPSA) is 58.8 Å². The molecule has 1 saturated heterocycles. The highest BCUT2D eigenvalue weighted by Crippen LogP contribution is 2.22. The third-order valence-electron chi connectivity index (χ3n) is 3.81. The third-order valence-corrected chi connectivity index (χ3v) is 4.03. The van der Waals surface area contributed by atoms with Crippen molar-refractivity contribution in [2.75, 3.05) is 38.3 Å². The lowest BCUT2D eigenvalue weighted by molar-refractivity contribution is -0.136. The van der Waals surface area contributed by atoms with Crippen LogP contribution in [0.3, 0.4) is 0 Å². The molecule has 1 aromatic carbocycles. The first kappa shape index (κ1) is 15.7. The van der Waals surface area contributed by atoms with E-state index < -0.39 is 0 Å². The first-order chi connectivity index (χ1) is 10.0. The molecule has 2 rings (SSSR count). The number of hydrogen-bond acceptors (Lipinski definition) is 4. The zero-order valence-corrected chi connectivity index (χ0v) is 13.2. The minimum Gasteiger partial charge on any atom is -0.389 e. The van der Waals surface area contributed by atoms with Gasteiger partial charge in [-0.2, -0.15) is 0 Å². The van der Waals surface area contributed by atoms with E-state index in [2.05, 4.69) is 0 Å². The largest absolute Gasteiger partial charge is 0.389 e. The van der Waals surface area contributed by atoms with Crippen LogP contribution in [-0.4, -0.2) is 55.2 Å². The van der Waals surface area contributed by atoms with Crippen molar-refractivity contribution < 1.29 is 9.53 Å². The van der Waals surface area contributed by atoms with Crippen molar-refractivity contribution in [3.05, 3.63) is 29.8 Å². The number of rotatable bonds is 4. The van der Waals surface area contributed by atoms with Crippen LogP contribution in [0.1, 0.15) is 12.5 Å². The van der Waals surface area contributed by atoms with Gasteiger partial charge in [0.1, 0.15) is 11.0 Å². The van der Waals surface area contributed by atoms with Gasteiger partial charge in [0.15, 0.2) is 0 Å². The van der Waals surface area contributed by atoms with Crippen LogP contribution in [0.15, 0.2) is 24.3 Å². The maximum atomic E-state index is 12.6. The molecule has 1 fully saturated rings. The van der Waals surface area contributed by atoms with Gasteiger partial charge < -0.3 is 20.3 Å². The van der Waals surface area contributed by atoms with Gasteiger partial charge in [-0.1, -0.05) is 24.4 Å². The lowest BCUT2D eigenvalue weighted by Gasteiger charge is -2.34. The van der Waals surface area contributed by atoms with Crippen LogP contribution in [0.4, 0.5) is 5.69 Å². The molecule has 0 bridgehead atoms. The first-order valence-electron chi connectivity index (χ1n) is 7.00. The van der Waals surface area contributed by atoms with E-state index in [9.17, 15) is 4.79 Å². The highest BCUT2D eigenvalue weighted by molar-refractivity contribution is 7.80. The number of hydrogen-bond donors (Lipinski definition) is 1. The van der Waals surface area contributed by atoms with Gasteiger partial charge in [0.2, 0.25) is 5.91 Å². The van der Waals surface area contributed by atoms with Gasteiger partial charge in [0.05, 0.1) is 13.2 Å². The number of likely N-dealkylation sites (N-methyl/N-ethyl adjacent to an activating group) is 1. The van der Waals surface area contributed by atoms with Gasteiger partial charge in [-0.25, -0.2) is 0 Å². The molecule has 0 aromatic heterocycles. The number of benzene rings is 1. The highest BCUT2D eigenvalue weighted by Gasteiger charge is 2.26. The average Bonchev–Trinajstić information content (AvgIpc) is 2.53. The lowest BCUT2D eigenvalue weighted by Crippen LogP contribution is -2.50. The van der Waals surface area contributed by atoms with Gasteiger partial charge in [-0.3, -0.25) is 4.79 Å². The van der Waals surface area contributed by atoms with E-state index in [0.29, 0.717) is 31.3 Å². The summed E-state index contributed by atoms with van der Waals surface area (Å²) in [4.78, 5) is 16.7. The Hall–Kier alpha value is -1.66. The van der Waals surface area contributed by atoms with Gasteiger partial charge in [-0.05, 0) is 19.1 Å². The van der Waals surface area contributed by atoms with E-state index in [0.717, 1.165) is 11.3 Å². The molecule has 1 amide bonds. The van der Waals surface area contributed by atoms with E-state index >= 15 is 0 Å². The van der Waals surface area contributed by atoms with Crippen molar-refractivity contribution in [3.63, 3.8) is 0 Å². The Morgan fingerprint density at radius 1 is 1.38 bits per heavy atom. The van der Waals surface area contributed by atoms with Crippen molar-refractivity contribution in [2.45, 2.75) is 13.0 Å². The van der Waals surface area contributed by atoms with Gasteiger partial charge in [0.25, 0.3) is 0 Å². The molecule has 1 aliphatic heterocycles. The molecule has 6 heteroatoms. The molecular formula is C15H21N3O2S. The van der Waals surface area contributed by atoms with Gasteiger partial charge in [-0.15, -0.1) is 0 Å². The number of carbonyl (C=O) groups is 1. The third kappa shape index (κ3) is 3.51. The second-order valence-electron chi connectivity index (χ2n) is 5.11. The summed E-state index contributed by atoms with van der Waals surface area (Å²) in [6.07, 6.45) is 0. The molecule has 1 unspecified atom stereocenters. The molecule has 0 saturated carbocycles. The second kappa shape index (κ2) is 6.87. The molecular weight excluding hydrogens is 286 g/mol. The smallest absolute Gasteiger partial charge is 0.245 e. The van der Waals surface area contributed by atoms with Crippen LogP contribution in [0.2, 0.25) is 0 Å². The van der Waals surface area contributed by atoms with E-state index in [1.807, 2.05) is 48.0 Å². The molecule has 2 N–H and O–H groups in total. The molecule has 0 radical (unpaired) electrons. The van der Waals surface area contributed by atoms with Crippen LogP contribution in [-0.2, 0) is 9.53 Å². The van der Waals surface area contributed by atoms with Crippen molar-refractivity contribution in [1.29, 1.82) is 0 Å². The minimum absolute atomic E-state index is 0.0959. The predicted octanol–water partition coefficient (Wildman–Crippen LogP) is 1.00. The molecule has 0 aliphatic carbocycles. The van der Waals surface area contributed by atoms with Gasteiger partial charge in [0, 0.05) is 31.4 Å². The normalized spacial score (nSPS) is 16.4. The minimum atomic E-state index is -0.279. The predicted molar refractivity (Wildman–Crippen MR) is 87.6 cm³/mol. The number of amides is 1. The Morgan fingerprint density at radius 3 is 2.62 bits per heavy atom. The summed E-state index contributed by atoms with van der Waals surface area (Å²) in [5.41, 5.74) is 7.43. The SMILES string of the molecule is CC(C(=O)N1CCOCC1)N(C)c1ccccc1C(N)=S.